The normalized spacial score (nSPS) is 17.3. The van der Waals surface area contributed by atoms with Crippen molar-refractivity contribution in [1.82, 2.24) is 0 Å². The molecule has 0 aromatic carbocycles. The molecule has 1 aliphatic carbocycles. The second kappa shape index (κ2) is 2.90. The first-order chi connectivity index (χ1) is 4.34. The summed E-state index contributed by atoms with van der Waals surface area (Å²) in [5, 5.41) is 0. The van der Waals surface area contributed by atoms with E-state index >= 15 is 0 Å². The molecule has 0 aromatic heterocycles. The molecule has 9 heavy (non-hydrogen) atoms. The second-order valence-corrected chi connectivity index (χ2v) is 2.83. The van der Waals surface area contributed by atoms with Gasteiger partial charge in [-0.15, -0.1) is 0 Å². The topological polar surface area (TPSA) is 17.1 Å². The molecule has 0 aromatic rings. The predicted octanol–water partition coefficient (Wildman–Crippen LogP) is 0.412. The van der Waals surface area contributed by atoms with Gasteiger partial charge in [0, 0.05) is 0 Å². The Morgan fingerprint density at radius 3 is 2.89 bits per heavy atom. The molecule has 0 saturated carbocycles. The van der Waals surface area contributed by atoms with Crippen molar-refractivity contribution in [2.24, 2.45) is 0 Å². The third-order valence-corrected chi connectivity index (χ3v) is 2.01. The quantitative estimate of drug-likeness (QED) is 0.427. The first-order valence-corrected chi connectivity index (χ1v) is 3.55. The van der Waals surface area contributed by atoms with Gasteiger partial charge in [0.1, 0.15) is 0 Å². The number of carbonyl (C=O) groups excluding carboxylic acids is 1. The van der Waals surface area contributed by atoms with Crippen LogP contribution in [0, 0.1) is 0 Å². The zero-order chi connectivity index (χ0) is 6.69. The van der Waals surface area contributed by atoms with Gasteiger partial charge in [-0.1, -0.05) is 0 Å². The van der Waals surface area contributed by atoms with Crippen LogP contribution < -0.4 is 0 Å². The molecule has 1 nitrogen and oxygen atoms in total. The Bertz CT molecular complexity index is 201. The van der Waals surface area contributed by atoms with E-state index in [-0.39, 0.29) is 0 Å². The number of hydrogen-bond acceptors (Lipinski definition) is 1. The van der Waals surface area contributed by atoms with Gasteiger partial charge in [-0.2, -0.15) is 0 Å². The van der Waals surface area contributed by atoms with Crippen LogP contribution >= 0.6 is 0 Å². The SMILES string of the molecule is O=CC1=CC=CCC1=[Se]. The monoisotopic (exact) mass is 186 g/mol. The van der Waals surface area contributed by atoms with E-state index in [0.29, 0.717) is 0 Å². The Hall–Kier alpha value is -0.461. The van der Waals surface area contributed by atoms with Crippen LogP contribution in [0.2, 0.25) is 0 Å². The first-order valence-electron chi connectivity index (χ1n) is 2.70. The van der Waals surface area contributed by atoms with Crippen LogP contribution in [-0.4, -0.2) is 26.3 Å². The molecule has 1 aliphatic rings. The third-order valence-electron chi connectivity index (χ3n) is 1.16. The molecule has 0 N–H and O–H groups in total. The van der Waals surface area contributed by atoms with E-state index < -0.39 is 0 Å². The Morgan fingerprint density at radius 2 is 2.44 bits per heavy atom. The summed E-state index contributed by atoms with van der Waals surface area (Å²) in [6, 6.07) is 0. The molecule has 0 fully saturated rings. The van der Waals surface area contributed by atoms with Gasteiger partial charge in [0.15, 0.2) is 0 Å². The Balaban J connectivity index is 2.86. The molecule has 0 bridgehead atoms. The molecule has 0 heterocycles. The van der Waals surface area contributed by atoms with E-state index in [0.717, 1.165) is 22.7 Å². The molecule has 0 unspecified atom stereocenters. The molecule has 0 amide bonds. The predicted molar refractivity (Wildman–Crippen MR) is 38.7 cm³/mol. The van der Waals surface area contributed by atoms with Gasteiger partial charge in [0.2, 0.25) is 0 Å². The van der Waals surface area contributed by atoms with Crippen molar-refractivity contribution in [2.45, 2.75) is 6.42 Å². The third kappa shape index (κ3) is 1.47. The summed E-state index contributed by atoms with van der Waals surface area (Å²) in [4.78, 5) is 10.2. The number of allylic oxidation sites excluding steroid dienone is 4. The first kappa shape index (κ1) is 6.66. The summed E-state index contributed by atoms with van der Waals surface area (Å²) < 4.78 is 1.03. The van der Waals surface area contributed by atoms with Crippen LogP contribution in [0.25, 0.3) is 0 Å². The van der Waals surface area contributed by atoms with Crippen molar-refractivity contribution in [3.63, 3.8) is 0 Å². The average Bonchev–Trinajstić information content (AvgIpc) is 1.89. The summed E-state index contributed by atoms with van der Waals surface area (Å²) in [6.45, 7) is 0. The Labute approximate surface area is 61.8 Å². The van der Waals surface area contributed by atoms with Crippen molar-refractivity contribution in [1.29, 1.82) is 0 Å². The molecule has 1 rings (SSSR count). The summed E-state index contributed by atoms with van der Waals surface area (Å²) in [7, 11) is 0. The van der Waals surface area contributed by atoms with Gasteiger partial charge in [0.05, 0.1) is 0 Å². The van der Waals surface area contributed by atoms with E-state index in [9.17, 15) is 4.79 Å². The van der Waals surface area contributed by atoms with Gasteiger partial charge in [-0.25, -0.2) is 0 Å². The van der Waals surface area contributed by atoms with Crippen LogP contribution in [0.1, 0.15) is 6.42 Å². The maximum atomic E-state index is 10.2. The van der Waals surface area contributed by atoms with Crippen LogP contribution in [0.3, 0.4) is 0 Å². The number of hydrogen-bond donors (Lipinski definition) is 0. The molecule has 2 heteroatoms. The van der Waals surface area contributed by atoms with Crippen molar-refractivity contribution >= 4 is 26.3 Å². The molecular weight excluding hydrogens is 179 g/mol. The van der Waals surface area contributed by atoms with Gasteiger partial charge < -0.3 is 0 Å². The van der Waals surface area contributed by atoms with Crippen LogP contribution in [0.4, 0.5) is 0 Å². The van der Waals surface area contributed by atoms with Crippen molar-refractivity contribution in [3.05, 3.63) is 23.8 Å². The van der Waals surface area contributed by atoms with E-state index in [1.54, 1.807) is 0 Å². The average molecular weight is 185 g/mol. The Morgan fingerprint density at radius 1 is 1.67 bits per heavy atom. The van der Waals surface area contributed by atoms with E-state index in [1.165, 1.54) is 0 Å². The second-order valence-electron chi connectivity index (χ2n) is 1.80. The molecule has 46 valence electrons. The molecule has 0 atom stereocenters. The number of carbonyl (C=O) groups is 1. The fourth-order valence-corrected chi connectivity index (χ4v) is 1.11. The molecule has 0 spiro atoms. The van der Waals surface area contributed by atoms with E-state index in [2.05, 4.69) is 15.6 Å². The van der Waals surface area contributed by atoms with E-state index in [4.69, 9.17) is 0 Å². The zero-order valence-corrected chi connectivity index (χ0v) is 6.55. The fourth-order valence-electron chi connectivity index (χ4n) is 0.663. The fraction of sp³-hybridized carbons (Fsp3) is 0.143. The van der Waals surface area contributed by atoms with Crippen LogP contribution in [-0.2, 0) is 4.79 Å². The minimum atomic E-state index is 0.775. The van der Waals surface area contributed by atoms with Gasteiger partial charge in [0.25, 0.3) is 0 Å². The summed E-state index contributed by atoms with van der Waals surface area (Å²) >= 11 is 2.85. The number of rotatable bonds is 1. The molecule has 0 saturated heterocycles. The molecule has 0 aliphatic heterocycles. The summed E-state index contributed by atoms with van der Waals surface area (Å²) in [5.41, 5.74) is 0.775. The van der Waals surface area contributed by atoms with Gasteiger partial charge in [-0.05, 0) is 0 Å². The van der Waals surface area contributed by atoms with Crippen LogP contribution in [0.15, 0.2) is 23.8 Å². The number of aldehydes is 1. The summed E-state index contributed by atoms with van der Waals surface area (Å²) in [5.74, 6) is 0. The zero-order valence-electron chi connectivity index (χ0n) is 4.83. The van der Waals surface area contributed by atoms with Gasteiger partial charge in [-0.3, -0.25) is 0 Å². The van der Waals surface area contributed by atoms with Crippen molar-refractivity contribution < 1.29 is 4.79 Å². The van der Waals surface area contributed by atoms with Crippen molar-refractivity contribution in [3.8, 4) is 0 Å². The molecular formula is C7H6OSe. The van der Waals surface area contributed by atoms with Crippen molar-refractivity contribution in [2.75, 3.05) is 0 Å². The Kier molecular flexibility index (Phi) is 2.15. The molecule has 0 radical (unpaired) electrons. The summed E-state index contributed by atoms with van der Waals surface area (Å²) in [6.07, 6.45) is 7.45. The maximum absolute atomic E-state index is 10.2. The van der Waals surface area contributed by atoms with Crippen LogP contribution in [0.5, 0.6) is 0 Å². The van der Waals surface area contributed by atoms with Gasteiger partial charge >= 0.3 is 61.3 Å². The standard InChI is InChI=1S/C7H6OSe/c8-5-6-3-1-2-4-7(6)9/h1-3,5H,4H2. The minimum absolute atomic E-state index is 0.775. The van der Waals surface area contributed by atoms with E-state index in [1.807, 2.05) is 18.2 Å².